The second-order valence-electron chi connectivity index (χ2n) is 7.95. The molecule has 1 aliphatic rings. The number of ketones is 1. The van der Waals surface area contributed by atoms with Crippen molar-refractivity contribution in [2.24, 2.45) is 0 Å². The number of anilines is 2. The standard InChI is InChI=1S/C26H23ClN2O3/c1-16-9-12-20(15-21(16)27)29-23(17-10-13-19(14-11-17)28(2)3)22(25(31)26(29)32)24(30)18-7-5-4-6-8-18/h4-15,23,30H,1-3H3/b24-22-. The Kier molecular flexibility index (Phi) is 5.76. The minimum atomic E-state index is -0.787. The lowest BCUT2D eigenvalue weighted by Gasteiger charge is -2.26. The summed E-state index contributed by atoms with van der Waals surface area (Å²) < 4.78 is 0. The van der Waals surface area contributed by atoms with E-state index in [2.05, 4.69) is 0 Å². The van der Waals surface area contributed by atoms with E-state index in [0.717, 1.165) is 11.3 Å². The van der Waals surface area contributed by atoms with Gasteiger partial charge in [-0.05, 0) is 42.3 Å². The maximum Gasteiger partial charge on any atom is 0.300 e. The third kappa shape index (κ3) is 3.76. The second kappa shape index (κ2) is 8.52. The van der Waals surface area contributed by atoms with Crippen LogP contribution in [0.5, 0.6) is 0 Å². The van der Waals surface area contributed by atoms with Crippen molar-refractivity contribution in [1.29, 1.82) is 0 Å². The summed E-state index contributed by atoms with van der Waals surface area (Å²) >= 11 is 6.33. The molecule has 5 nitrogen and oxygen atoms in total. The summed E-state index contributed by atoms with van der Waals surface area (Å²) in [7, 11) is 3.87. The average Bonchev–Trinajstić information content (AvgIpc) is 3.06. The van der Waals surface area contributed by atoms with Crippen LogP contribution in [-0.2, 0) is 9.59 Å². The monoisotopic (exact) mass is 446 g/mol. The molecule has 0 radical (unpaired) electrons. The van der Waals surface area contributed by atoms with Crippen molar-refractivity contribution in [2.45, 2.75) is 13.0 Å². The third-order valence-corrected chi connectivity index (χ3v) is 6.06. The predicted octanol–water partition coefficient (Wildman–Crippen LogP) is 5.34. The lowest BCUT2D eigenvalue weighted by atomic mass is 9.95. The van der Waals surface area contributed by atoms with Gasteiger partial charge in [-0.3, -0.25) is 14.5 Å². The first-order valence-corrected chi connectivity index (χ1v) is 10.6. The van der Waals surface area contributed by atoms with Gasteiger partial charge in [-0.25, -0.2) is 0 Å². The highest BCUT2D eigenvalue weighted by atomic mass is 35.5. The number of aryl methyl sites for hydroxylation is 1. The van der Waals surface area contributed by atoms with Gasteiger partial charge in [0.25, 0.3) is 11.7 Å². The minimum Gasteiger partial charge on any atom is -0.507 e. The van der Waals surface area contributed by atoms with E-state index < -0.39 is 17.7 Å². The van der Waals surface area contributed by atoms with Crippen LogP contribution in [0.1, 0.15) is 22.7 Å². The molecular formula is C26H23ClN2O3. The largest absolute Gasteiger partial charge is 0.507 e. The normalized spacial score (nSPS) is 17.6. The van der Waals surface area contributed by atoms with E-state index >= 15 is 0 Å². The van der Waals surface area contributed by atoms with Crippen LogP contribution in [0.2, 0.25) is 5.02 Å². The number of hydrogen-bond donors (Lipinski definition) is 1. The number of Topliss-reactive ketones (excluding diaryl/α,β-unsaturated/α-hetero) is 1. The van der Waals surface area contributed by atoms with Gasteiger partial charge in [0.15, 0.2) is 0 Å². The number of benzene rings is 3. The number of rotatable bonds is 4. The van der Waals surface area contributed by atoms with Crippen molar-refractivity contribution in [1.82, 2.24) is 0 Å². The van der Waals surface area contributed by atoms with Crippen LogP contribution >= 0.6 is 11.6 Å². The number of hydrogen-bond acceptors (Lipinski definition) is 4. The molecule has 3 aromatic rings. The van der Waals surface area contributed by atoms with Crippen molar-refractivity contribution in [2.75, 3.05) is 23.9 Å². The SMILES string of the molecule is Cc1ccc(N2C(=O)C(=O)/C(=C(\O)c3ccccc3)C2c2ccc(N(C)C)cc2)cc1Cl. The van der Waals surface area contributed by atoms with Gasteiger partial charge in [0, 0.05) is 36.1 Å². The maximum absolute atomic E-state index is 13.2. The van der Waals surface area contributed by atoms with Crippen LogP contribution in [0.15, 0.2) is 78.4 Å². The number of aliphatic hydroxyl groups is 1. The number of nitrogens with zero attached hydrogens (tertiary/aromatic N) is 2. The van der Waals surface area contributed by atoms with E-state index in [1.54, 1.807) is 42.5 Å². The van der Waals surface area contributed by atoms with Crippen LogP contribution in [-0.4, -0.2) is 30.9 Å². The second-order valence-corrected chi connectivity index (χ2v) is 8.36. The van der Waals surface area contributed by atoms with Crippen LogP contribution in [0, 0.1) is 6.92 Å². The zero-order valence-corrected chi connectivity index (χ0v) is 18.8. The maximum atomic E-state index is 13.2. The van der Waals surface area contributed by atoms with Gasteiger partial charge in [-0.1, -0.05) is 60.1 Å². The van der Waals surface area contributed by atoms with E-state index in [1.807, 2.05) is 56.3 Å². The first-order valence-electron chi connectivity index (χ1n) is 10.2. The zero-order valence-electron chi connectivity index (χ0n) is 18.0. The molecule has 1 amide bonds. The Bertz CT molecular complexity index is 1220. The summed E-state index contributed by atoms with van der Waals surface area (Å²) in [5.41, 5.74) is 3.58. The molecule has 1 unspecified atom stereocenters. The van der Waals surface area contributed by atoms with E-state index in [9.17, 15) is 14.7 Å². The smallest absolute Gasteiger partial charge is 0.300 e. The van der Waals surface area contributed by atoms with Crippen molar-refractivity contribution in [3.63, 3.8) is 0 Å². The summed E-state index contributed by atoms with van der Waals surface area (Å²) in [6, 6.07) is 20.8. The fourth-order valence-corrected chi connectivity index (χ4v) is 4.03. The Morgan fingerprint density at radius 2 is 1.62 bits per heavy atom. The number of carbonyl (C=O) groups excluding carboxylic acids is 2. The van der Waals surface area contributed by atoms with E-state index in [-0.39, 0.29) is 11.3 Å². The first-order chi connectivity index (χ1) is 15.3. The van der Waals surface area contributed by atoms with Gasteiger partial charge in [0.1, 0.15) is 5.76 Å². The van der Waals surface area contributed by atoms with Gasteiger partial charge in [0.05, 0.1) is 11.6 Å². The summed E-state index contributed by atoms with van der Waals surface area (Å²) in [4.78, 5) is 29.7. The Morgan fingerprint density at radius 3 is 2.22 bits per heavy atom. The first kappa shape index (κ1) is 21.7. The van der Waals surface area contributed by atoms with Gasteiger partial charge < -0.3 is 10.0 Å². The van der Waals surface area contributed by atoms with Gasteiger partial charge >= 0.3 is 0 Å². The van der Waals surface area contributed by atoms with Crippen LogP contribution in [0.25, 0.3) is 5.76 Å². The molecule has 0 bridgehead atoms. The Labute approximate surface area is 192 Å². The lowest BCUT2D eigenvalue weighted by Crippen LogP contribution is -2.29. The van der Waals surface area contributed by atoms with Gasteiger partial charge in [0.2, 0.25) is 0 Å². The minimum absolute atomic E-state index is 0.0514. The van der Waals surface area contributed by atoms with Crippen molar-refractivity contribution in [3.05, 3.63) is 100 Å². The Hall–Kier alpha value is -3.57. The molecule has 0 aromatic heterocycles. The summed E-state index contributed by atoms with van der Waals surface area (Å²) in [5, 5.41) is 11.6. The molecule has 1 fully saturated rings. The van der Waals surface area contributed by atoms with E-state index in [1.165, 1.54) is 4.90 Å². The molecule has 3 aromatic carbocycles. The zero-order chi connectivity index (χ0) is 23.0. The third-order valence-electron chi connectivity index (χ3n) is 5.65. The van der Waals surface area contributed by atoms with Crippen LogP contribution in [0.3, 0.4) is 0 Å². The Morgan fingerprint density at radius 1 is 0.969 bits per heavy atom. The molecule has 1 N–H and O–H groups in total. The van der Waals surface area contributed by atoms with Crippen molar-refractivity contribution >= 4 is 40.4 Å². The molecule has 6 heteroatoms. The molecule has 1 atom stereocenters. The molecule has 1 saturated heterocycles. The molecule has 0 aliphatic carbocycles. The molecule has 32 heavy (non-hydrogen) atoms. The molecular weight excluding hydrogens is 424 g/mol. The quantitative estimate of drug-likeness (QED) is 0.334. The molecule has 0 spiro atoms. The summed E-state index contributed by atoms with van der Waals surface area (Å²) in [6.07, 6.45) is 0. The topological polar surface area (TPSA) is 60.9 Å². The molecule has 1 aliphatic heterocycles. The molecule has 162 valence electrons. The van der Waals surface area contributed by atoms with Gasteiger partial charge in [-0.2, -0.15) is 0 Å². The van der Waals surface area contributed by atoms with Crippen LogP contribution in [0.4, 0.5) is 11.4 Å². The summed E-state index contributed by atoms with van der Waals surface area (Å²) in [6.45, 7) is 1.87. The number of amides is 1. The number of aliphatic hydroxyl groups excluding tert-OH is 1. The lowest BCUT2D eigenvalue weighted by molar-refractivity contribution is -0.132. The number of halogens is 1. The number of carbonyl (C=O) groups is 2. The highest BCUT2D eigenvalue weighted by molar-refractivity contribution is 6.51. The Balaban J connectivity index is 1.93. The van der Waals surface area contributed by atoms with E-state index in [4.69, 9.17) is 11.6 Å². The van der Waals surface area contributed by atoms with Gasteiger partial charge in [-0.15, -0.1) is 0 Å². The van der Waals surface area contributed by atoms with Crippen molar-refractivity contribution in [3.8, 4) is 0 Å². The molecule has 0 saturated carbocycles. The molecule has 4 rings (SSSR count). The molecule has 1 heterocycles. The average molecular weight is 447 g/mol. The van der Waals surface area contributed by atoms with E-state index in [0.29, 0.717) is 21.8 Å². The predicted molar refractivity (Wildman–Crippen MR) is 128 cm³/mol. The fourth-order valence-electron chi connectivity index (χ4n) is 3.85. The highest BCUT2D eigenvalue weighted by Gasteiger charge is 2.47. The highest BCUT2D eigenvalue weighted by Crippen LogP contribution is 2.43. The summed E-state index contributed by atoms with van der Waals surface area (Å²) in [5.74, 6) is -1.64. The fraction of sp³-hybridized carbons (Fsp3) is 0.154. The van der Waals surface area contributed by atoms with Crippen LogP contribution < -0.4 is 9.80 Å². The van der Waals surface area contributed by atoms with Crippen molar-refractivity contribution < 1.29 is 14.7 Å².